The maximum atomic E-state index is 9.54. The molecule has 0 atom stereocenters. The van der Waals surface area contributed by atoms with Gasteiger partial charge in [-0.2, -0.15) is 5.26 Å². The highest BCUT2D eigenvalue weighted by Gasteiger charge is 2.14. The summed E-state index contributed by atoms with van der Waals surface area (Å²) >= 11 is 0. The van der Waals surface area contributed by atoms with E-state index in [1.165, 1.54) is 5.56 Å². The van der Waals surface area contributed by atoms with E-state index in [-0.39, 0.29) is 0 Å². The summed E-state index contributed by atoms with van der Waals surface area (Å²) in [7, 11) is 0. The zero-order valence-corrected chi connectivity index (χ0v) is 14.1. The summed E-state index contributed by atoms with van der Waals surface area (Å²) in [6, 6.07) is 16.2. The van der Waals surface area contributed by atoms with Crippen molar-refractivity contribution in [1.82, 2.24) is 14.4 Å². The van der Waals surface area contributed by atoms with Gasteiger partial charge in [0, 0.05) is 6.20 Å². The average Bonchev–Trinajstić information content (AvgIpc) is 2.99. The average molecular weight is 327 g/mol. The van der Waals surface area contributed by atoms with Crippen LogP contribution in [0.2, 0.25) is 0 Å². The molecule has 25 heavy (non-hydrogen) atoms. The van der Waals surface area contributed by atoms with Crippen LogP contribution >= 0.6 is 0 Å². The molecular weight excluding hydrogens is 310 g/mol. The van der Waals surface area contributed by atoms with Crippen LogP contribution in [0.5, 0.6) is 0 Å². The number of para-hydroxylation sites is 2. The molecule has 0 fully saturated rings. The third-order valence-corrected chi connectivity index (χ3v) is 4.31. The Morgan fingerprint density at radius 2 is 2.00 bits per heavy atom. The van der Waals surface area contributed by atoms with E-state index in [0.29, 0.717) is 17.8 Å². The zero-order valence-electron chi connectivity index (χ0n) is 14.1. The number of fused-ring (bicyclic) bond motifs is 3. The molecule has 0 amide bonds. The number of aryl methyl sites for hydroxylation is 2. The molecule has 3 heterocycles. The van der Waals surface area contributed by atoms with Crippen molar-refractivity contribution in [2.45, 2.75) is 20.4 Å². The highest BCUT2D eigenvalue weighted by Crippen LogP contribution is 2.26. The van der Waals surface area contributed by atoms with Crippen molar-refractivity contribution in [1.29, 1.82) is 5.26 Å². The monoisotopic (exact) mass is 327 g/mol. The first kappa shape index (κ1) is 15.2. The Hall–Kier alpha value is -3.39. The fraction of sp³-hybridized carbons (Fsp3) is 0.150. The number of hydrogen-bond acceptors (Lipinski definition) is 4. The minimum Gasteiger partial charge on any atom is -0.365 e. The topological polar surface area (TPSA) is 66.0 Å². The van der Waals surface area contributed by atoms with Crippen molar-refractivity contribution in [2.24, 2.45) is 0 Å². The van der Waals surface area contributed by atoms with E-state index in [4.69, 9.17) is 0 Å². The molecule has 0 aliphatic heterocycles. The predicted molar refractivity (Wildman–Crippen MR) is 98.5 cm³/mol. The molecular formula is C20H17N5. The predicted octanol–water partition coefficient (Wildman–Crippen LogP) is 3.98. The minimum atomic E-state index is 0.606. The van der Waals surface area contributed by atoms with Gasteiger partial charge in [-0.25, -0.2) is 4.98 Å². The Balaban J connectivity index is 1.87. The fourth-order valence-corrected chi connectivity index (χ4v) is 3.10. The summed E-state index contributed by atoms with van der Waals surface area (Å²) in [5.41, 5.74) is 6.21. The summed E-state index contributed by atoms with van der Waals surface area (Å²) in [6.45, 7) is 4.60. The van der Waals surface area contributed by atoms with Crippen LogP contribution in [0.4, 0.5) is 5.82 Å². The van der Waals surface area contributed by atoms with E-state index in [1.807, 2.05) is 53.9 Å². The lowest BCUT2D eigenvalue weighted by Crippen LogP contribution is -2.07. The summed E-state index contributed by atoms with van der Waals surface area (Å²) in [5, 5.41) is 13.0. The molecule has 0 bridgehead atoms. The number of aromatic nitrogens is 3. The number of rotatable bonds is 3. The normalized spacial score (nSPS) is 10.9. The summed E-state index contributed by atoms with van der Waals surface area (Å²) in [5.74, 6) is 0.906. The van der Waals surface area contributed by atoms with Gasteiger partial charge >= 0.3 is 0 Å². The summed E-state index contributed by atoms with van der Waals surface area (Å²) in [6.07, 6.45) is 1.82. The molecule has 3 aromatic heterocycles. The Kier molecular flexibility index (Phi) is 3.58. The number of pyridine rings is 2. The fourth-order valence-electron chi connectivity index (χ4n) is 3.10. The number of imidazole rings is 1. The molecule has 5 nitrogen and oxygen atoms in total. The molecule has 0 unspecified atom stereocenters. The molecule has 1 aromatic carbocycles. The number of nitrogens with one attached hydrogen (secondary N) is 1. The van der Waals surface area contributed by atoms with E-state index in [1.54, 1.807) is 0 Å². The minimum absolute atomic E-state index is 0.606. The molecule has 4 rings (SSSR count). The van der Waals surface area contributed by atoms with Crippen LogP contribution in [0.25, 0.3) is 16.7 Å². The highest BCUT2D eigenvalue weighted by molar-refractivity contribution is 5.85. The van der Waals surface area contributed by atoms with Crippen LogP contribution in [0.15, 0.2) is 48.7 Å². The van der Waals surface area contributed by atoms with Crippen LogP contribution in [-0.4, -0.2) is 14.4 Å². The first-order valence-corrected chi connectivity index (χ1v) is 8.13. The second-order valence-electron chi connectivity index (χ2n) is 6.14. The van der Waals surface area contributed by atoms with E-state index >= 15 is 0 Å². The van der Waals surface area contributed by atoms with Crippen LogP contribution in [0, 0.1) is 25.2 Å². The molecule has 4 aromatic rings. The van der Waals surface area contributed by atoms with Gasteiger partial charge in [0.25, 0.3) is 0 Å². The first-order valence-electron chi connectivity index (χ1n) is 8.13. The molecule has 0 aliphatic carbocycles. The van der Waals surface area contributed by atoms with Gasteiger partial charge in [0.05, 0.1) is 28.8 Å². The Morgan fingerprint density at radius 1 is 1.16 bits per heavy atom. The lowest BCUT2D eigenvalue weighted by atomic mass is 10.1. The van der Waals surface area contributed by atoms with Gasteiger partial charge in [-0.15, -0.1) is 0 Å². The zero-order chi connectivity index (χ0) is 17.4. The molecule has 0 spiro atoms. The van der Waals surface area contributed by atoms with Crippen LogP contribution < -0.4 is 5.32 Å². The van der Waals surface area contributed by atoms with E-state index in [2.05, 4.69) is 34.3 Å². The van der Waals surface area contributed by atoms with Gasteiger partial charge in [0.1, 0.15) is 11.9 Å². The van der Waals surface area contributed by atoms with Gasteiger partial charge in [-0.3, -0.25) is 9.38 Å². The highest BCUT2D eigenvalue weighted by atomic mass is 15.1. The van der Waals surface area contributed by atoms with Gasteiger partial charge in [-0.1, -0.05) is 12.1 Å². The van der Waals surface area contributed by atoms with Gasteiger partial charge < -0.3 is 5.32 Å². The number of benzene rings is 1. The van der Waals surface area contributed by atoms with Crippen molar-refractivity contribution in [3.8, 4) is 6.07 Å². The first-order chi connectivity index (χ1) is 12.2. The largest absolute Gasteiger partial charge is 0.365 e. The smallest absolute Gasteiger partial charge is 0.157 e. The summed E-state index contributed by atoms with van der Waals surface area (Å²) < 4.78 is 2.01. The van der Waals surface area contributed by atoms with Gasteiger partial charge in [-0.05, 0) is 55.3 Å². The quantitative estimate of drug-likeness (QED) is 0.618. The molecule has 1 N–H and O–H groups in total. The number of hydrogen-bond donors (Lipinski definition) is 1. The second kappa shape index (κ2) is 5.91. The second-order valence-corrected chi connectivity index (χ2v) is 6.14. The molecule has 0 saturated carbocycles. The van der Waals surface area contributed by atoms with Crippen molar-refractivity contribution < 1.29 is 0 Å². The Labute approximate surface area is 145 Å². The molecule has 0 radical (unpaired) electrons. The number of nitrogens with zero attached hydrogens (tertiary/aromatic N) is 4. The third kappa shape index (κ3) is 2.58. The van der Waals surface area contributed by atoms with E-state index in [9.17, 15) is 5.26 Å². The SMILES string of the molecule is Cc1ccnc(CNc2cc(C)c(C#N)c3nc4ccccc4n23)c1. The molecule has 122 valence electrons. The van der Waals surface area contributed by atoms with Gasteiger partial charge in [0.2, 0.25) is 0 Å². The number of anilines is 1. The molecule has 0 saturated heterocycles. The maximum Gasteiger partial charge on any atom is 0.157 e. The van der Waals surface area contributed by atoms with Crippen molar-refractivity contribution in [3.63, 3.8) is 0 Å². The van der Waals surface area contributed by atoms with Crippen LogP contribution in [-0.2, 0) is 6.54 Å². The van der Waals surface area contributed by atoms with Crippen LogP contribution in [0.1, 0.15) is 22.4 Å². The lowest BCUT2D eigenvalue weighted by Gasteiger charge is -2.12. The Morgan fingerprint density at radius 3 is 2.80 bits per heavy atom. The van der Waals surface area contributed by atoms with Gasteiger partial charge in [0.15, 0.2) is 5.65 Å². The van der Waals surface area contributed by atoms with Crippen LogP contribution in [0.3, 0.4) is 0 Å². The number of nitriles is 1. The van der Waals surface area contributed by atoms with Crippen molar-refractivity contribution >= 4 is 22.5 Å². The third-order valence-electron chi connectivity index (χ3n) is 4.31. The van der Waals surface area contributed by atoms with Crippen molar-refractivity contribution in [2.75, 3.05) is 5.32 Å². The van der Waals surface area contributed by atoms with E-state index in [0.717, 1.165) is 28.1 Å². The van der Waals surface area contributed by atoms with E-state index < -0.39 is 0 Å². The maximum absolute atomic E-state index is 9.54. The van der Waals surface area contributed by atoms with Crippen molar-refractivity contribution in [3.05, 3.63) is 71.0 Å². The Bertz CT molecular complexity index is 1130. The molecule has 5 heteroatoms. The lowest BCUT2D eigenvalue weighted by molar-refractivity contribution is 1.01. The summed E-state index contributed by atoms with van der Waals surface area (Å²) in [4.78, 5) is 9.06. The standard InChI is InChI=1S/C20H17N5/c1-13-7-8-22-15(9-13)12-23-19-10-14(2)16(11-21)20-24-17-5-3-4-6-18(17)25(19)20/h3-10,23H,12H2,1-2H3. The molecule has 0 aliphatic rings.